The molecule has 6 heteroatoms. The van der Waals surface area contributed by atoms with Gasteiger partial charge in [0.25, 0.3) is 0 Å². The minimum absolute atomic E-state index is 0.00600. The third-order valence-corrected chi connectivity index (χ3v) is 4.51. The highest BCUT2D eigenvalue weighted by Crippen LogP contribution is 2.49. The summed E-state index contributed by atoms with van der Waals surface area (Å²) in [5, 5.41) is 12.6. The van der Waals surface area contributed by atoms with Gasteiger partial charge >= 0.3 is 0 Å². The van der Waals surface area contributed by atoms with Gasteiger partial charge in [0.2, 0.25) is 5.91 Å². The third-order valence-electron chi connectivity index (χ3n) is 3.60. The van der Waals surface area contributed by atoms with Gasteiger partial charge in [0.05, 0.1) is 5.60 Å². The molecule has 0 aromatic heterocycles. The van der Waals surface area contributed by atoms with Crippen molar-refractivity contribution in [2.45, 2.75) is 24.9 Å². The Morgan fingerprint density at radius 3 is 2.67 bits per heavy atom. The normalized spacial score (nSPS) is 23.5. The number of benzene rings is 1. The molecule has 1 saturated carbocycles. The van der Waals surface area contributed by atoms with Crippen LogP contribution < -0.4 is 5.32 Å². The van der Waals surface area contributed by atoms with E-state index in [1.54, 1.807) is 6.92 Å². The van der Waals surface area contributed by atoms with Gasteiger partial charge in [-0.2, -0.15) is 11.8 Å². The van der Waals surface area contributed by atoms with Crippen LogP contribution in [0.4, 0.5) is 8.78 Å². The van der Waals surface area contributed by atoms with Gasteiger partial charge in [-0.3, -0.25) is 4.79 Å². The molecule has 3 atom stereocenters. The second-order valence-electron chi connectivity index (χ2n) is 5.73. The van der Waals surface area contributed by atoms with Crippen molar-refractivity contribution in [3.05, 3.63) is 35.4 Å². The van der Waals surface area contributed by atoms with Crippen LogP contribution in [0.3, 0.4) is 0 Å². The fraction of sp³-hybridized carbons (Fsp3) is 0.533. The number of nitrogens with one attached hydrogen (secondary N) is 1. The van der Waals surface area contributed by atoms with Crippen molar-refractivity contribution < 1.29 is 18.7 Å². The molecule has 1 amide bonds. The lowest BCUT2D eigenvalue weighted by Crippen LogP contribution is -2.43. The van der Waals surface area contributed by atoms with Crippen molar-refractivity contribution in [2.24, 2.45) is 5.92 Å². The first-order chi connectivity index (χ1) is 9.85. The van der Waals surface area contributed by atoms with Gasteiger partial charge in [-0.25, -0.2) is 8.78 Å². The summed E-state index contributed by atoms with van der Waals surface area (Å²) in [5.74, 6) is -1.79. The van der Waals surface area contributed by atoms with E-state index in [4.69, 9.17) is 0 Å². The topological polar surface area (TPSA) is 49.3 Å². The van der Waals surface area contributed by atoms with E-state index in [1.165, 1.54) is 30.0 Å². The Morgan fingerprint density at radius 2 is 2.10 bits per heavy atom. The minimum Gasteiger partial charge on any atom is -0.387 e. The van der Waals surface area contributed by atoms with Crippen molar-refractivity contribution >= 4 is 17.7 Å². The number of halogens is 2. The van der Waals surface area contributed by atoms with Crippen LogP contribution in [0.25, 0.3) is 0 Å². The molecule has 1 aliphatic rings. The monoisotopic (exact) mass is 315 g/mol. The van der Waals surface area contributed by atoms with Crippen LogP contribution in [0.2, 0.25) is 0 Å². The van der Waals surface area contributed by atoms with Crippen LogP contribution in [0.1, 0.15) is 24.8 Å². The van der Waals surface area contributed by atoms with Crippen LogP contribution in [-0.4, -0.2) is 35.2 Å². The Kier molecular flexibility index (Phi) is 4.88. The van der Waals surface area contributed by atoms with Crippen LogP contribution in [0, 0.1) is 17.6 Å². The third kappa shape index (κ3) is 3.95. The first-order valence-corrected chi connectivity index (χ1v) is 8.18. The molecule has 2 rings (SSSR count). The highest BCUT2D eigenvalue weighted by molar-refractivity contribution is 7.98. The number of hydrogen-bond donors (Lipinski definition) is 2. The lowest BCUT2D eigenvalue weighted by Gasteiger charge is -2.22. The predicted molar refractivity (Wildman–Crippen MR) is 79.2 cm³/mol. The van der Waals surface area contributed by atoms with E-state index in [9.17, 15) is 18.7 Å². The molecule has 1 fully saturated rings. The molecule has 1 aliphatic carbocycles. The molecule has 0 radical (unpaired) electrons. The molecule has 0 bridgehead atoms. The highest BCUT2D eigenvalue weighted by Gasteiger charge is 2.46. The molecular formula is C15H19F2NO2S. The lowest BCUT2D eigenvalue weighted by molar-refractivity contribution is -0.123. The second-order valence-corrected chi connectivity index (χ2v) is 6.60. The van der Waals surface area contributed by atoms with E-state index < -0.39 is 29.1 Å². The molecule has 2 N–H and O–H groups in total. The van der Waals surface area contributed by atoms with E-state index in [0.717, 1.165) is 0 Å². The maximum absolute atomic E-state index is 13.6. The number of amides is 1. The highest BCUT2D eigenvalue weighted by atomic mass is 32.2. The van der Waals surface area contributed by atoms with Gasteiger partial charge in [-0.05, 0) is 31.7 Å². The standard InChI is InChI=1S/C15H19F2NO2S/c1-15(20,8-21-2)7-18-14(19)10-6-9(10)13-11(16)4-3-5-12(13)17/h3-5,9-10,20H,6-8H2,1-2H3,(H,18,19). The summed E-state index contributed by atoms with van der Waals surface area (Å²) in [6, 6.07) is 3.72. The maximum atomic E-state index is 13.6. The number of carbonyl (C=O) groups is 1. The number of rotatable bonds is 6. The molecule has 116 valence electrons. The van der Waals surface area contributed by atoms with Gasteiger partial charge < -0.3 is 10.4 Å². The largest absolute Gasteiger partial charge is 0.387 e. The molecule has 1 aromatic rings. The molecule has 3 unspecified atom stereocenters. The summed E-state index contributed by atoms with van der Waals surface area (Å²) in [5.41, 5.74) is -0.989. The summed E-state index contributed by atoms with van der Waals surface area (Å²) in [4.78, 5) is 12.0. The fourth-order valence-corrected chi connectivity index (χ4v) is 3.16. The predicted octanol–water partition coefficient (Wildman–Crippen LogP) is 2.30. The smallest absolute Gasteiger partial charge is 0.223 e. The average molecular weight is 315 g/mol. The zero-order valence-corrected chi connectivity index (χ0v) is 12.8. The van der Waals surface area contributed by atoms with Crippen molar-refractivity contribution in [2.75, 3.05) is 18.6 Å². The van der Waals surface area contributed by atoms with Gasteiger partial charge in [0, 0.05) is 29.7 Å². The SMILES string of the molecule is CSCC(C)(O)CNC(=O)C1CC1c1c(F)cccc1F. The Bertz CT molecular complexity index is 516. The first kappa shape index (κ1) is 16.2. The van der Waals surface area contributed by atoms with Crippen molar-refractivity contribution in [1.82, 2.24) is 5.32 Å². The molecule has 0 heterocycles. The number of hydrogen-bond acceptors (Lipinski definition) is 3. The van der Waals surface area contributed by atoms with E-state index in [1.807, 2.05) is 6.26 Å². The Labute approximate surface area is 127 Å². The van der Waals surface area contributed by atoms with Gasteiger partial charge in [0.15, 0.2) is 0 Å². The minimum atomic E-state index is -0.983. The van der Waals surface area contributed by atoms with Crippen LogP contribution in [0.15, 0.2) is 18.2 Å². The van der Waals surface area contributed by atoms with Crippen LogP contribution in [-0.2, 0) is 4.79 Å². The lowest BCUT2D eigenvalue weighted by atomic mass is 10.1. The molecule has 3 nitrogen and oxygen atoms in total. The Morgan fingerprint density at radius 1 is 1.48 bits per heavy atom. The van der Waals surface area contributed by atoms with E-state index in [-0.39, 0.29) is 18.0 Å². The average Bonchev–Trinajstić information content (AvgIpc) is 3.16. The zero-order valence-electron chi connectivity index (χ0n) is 12.0. The van der Waals surface area contributed by atoms with Gasteiger partial charge in [-0.15, -0.1) is 0 Å². The number of carbonyl (C=O) groups excluding carboxylic acids is 1. The van der Waals surface area contributed by atoms with E-state index in [2.05, 4.69) is 5.32 Å². The molecule has 0 saturated heterocycles. The summed E-state index contributed by atoms with van der Waals surface area (Å²) in [6.07, 6.45) is 2.31. The summed E-state index contributed by atoms with van der Waals surface area (Å²) < 4.78 is 27.3. The summed E-state index contributed by atoms with van der Waals surface area (Å²) in [6.45, 7) is 1.78. The van der Waals surface area contributed by atoms with Crippen molar-refractivity contribution in [1.29, 1.82) is 0 Å². The Balaban J connectivity index is 1.93. The molecular weight excluding hydrogens is 296 g/mol. The second kappa shape index (κ2) is 6.32. The first-order valence-electron chi connectivity index (χ1n) is 6.78. The van der Waals surface area contributed by atoms with Gasteiger partial charge in [0.1, 0.15) is 11.6 Å². The van der Waals surface area contributed by atoms with Crippen molar-refractivity contribution in [3.63, 3.8) is 0 Å². The molecule has 21 heavy (non-hydrogen) atoms. The summed E-state index contributed by atoms with van der Waals surface area (Å²) in [7, 11) is 0. The van der Waals surface area contributed by atoms with Crippen LogP contribution >= 0.6 is 11.8 Å². The fourth-order valence-electron chi connectivity index (χ4n) is 2.44. The van der Waals surface area contributed by atoms with E-state index in [0.29, 0.717) is 12.2 Å². The number of aliphatic hydroxyl groups is 1. The number of thioether (sulfide) groups is 1. The van der Waals surface area contributed by atoms with Crippen molar-refractivity contribution in [3.8, 4) is 0 Å². The van der Waals surface area contributed by atoms with Crippen LogP contribution in [0.5, 0.6) is 0 Å². The van der Waals surface area contributed by atoms with Gasteiger partial charge in [-0.1, -0.05) is 6.07 Å². The molecule has 1 aromatic carbocycles. The maximum Gasteiger partial charge on any atom is 0.223 e. The Hall–Kier alpha value is -1.14. The van der Waals surface area contributed by atoms with E-state index >= 15 is 0 Å². The quantitative estimate of drug-likeness (QED) is 0.847. The molecule has 0 spiro atoms. The molecule has 0 aliphatic heterocycles. The summed E-state index contributed by atoms with van der Waals surface area (Å²) >= 11 is 1.49. The zero-order chi connectivity index (χ0) is 15.6.